The van der Waals surface area contributed by atoms with Crippen LogP contribution in [-0.2, 0) is 4.79 Å². The lowest BCUT2D eigenvalue weighted by Crippen LogP contribution is -2.27. The third-order valence-corrected chi connectivity index (χ3v) is 4.84. The van der Waals surface area contributed by atoms with E-state index < -0.39 is 5.41 Å². The second kappa shape index (κ2) is 8.35. The molecule has 0 aliphatic rings. The molecule has 3 rings (SSSR count). The van der Waals surface area contributed by atoms with Gasteiger partial charge in [-0.25, -0.2) is 0 Å². The fourth-order valence-corrected chi connectivity index (χ4v) is 3.06. The molecule has 144 valence electrons. The van der Waals surface area contributed by atoms with Crippen molar-refractivity contribution in [2.24, 2.45) is 5.41 Å². The summed E-state index contributed by atoms with van der Waals surface area (Å²) in [5, 5.41) is 15.1. The van der Waals surface area contributed by atoms with Crippen molar-refractivity contribution in [2.45, 2.75) is 25.9 Å². The molecule has 1 heterocycles. The zero-order valence-corrected chi connectivity index (χ0v) is 16.7. The summed E-state index contributed by atoms with van der Waals surface area (Å²) in [5.74, 6) is 0.0946. The number of rotatable bonds is 6. The van der Waals surface area contributed by atoms with E-state index in [0.29, 0.717) is 16.4 Å². The van der Waals surface area contributed by atoms with Crippen LogP contribution in [0.15, 0.2) is 59.8 Å². The van der Waals surface area contributed by atoms with Gasteiger partial charge in [-0.2, -0.15) is 4.68 Å². The number of nitrogens with zero attached hydrogens (tertiary/aromatic N) is 4. The molecule has 8 heteroatoms. The van der Waals surface area contributed by atoms with E-state index in [1.165, 1.54) is 11.8 Å². The van der Waals surface area contributed by atoms with E-state index in [-0.39, 0.29) is 17.4 Å². The Balaban J connectivity index is 1.62. The number of thioether (sulfide) groups is 1. The minimum Gasteiger partial charge on any atom is -0.326 e. The maximum absolute atomic E-state index is 12.5. The van der Waals surface area contributed by atoms with Gasteiger partial charge in [0, 0.05) is 16.7 Å². The van der Waals surface area contributed by atoms with Crippen LogP contribution in [0.3, 0.4) is 0 Å². The van der Waals surface area contributed by atoms with E-state index in [1.54, 1.807) is 28.9 Å². The van der Waals surface area contributed by atoms with Crippen LogP contribution in [-0.4, -0.2) is 37.7 Å². The molecule has 0 radical (unpaired) electrons. The van der Waals surface area contributed by atoms with E-state index >= 15 is 0 Å². The molecule has 28 heavy (non-hydrogen) atoms. The number of anilines is 1. The third-order valence-electron chi connectivity index (χ3n) is 3.92. The minimum absolute atomic E-state index is 0.0405. The summed E-state index contributed by atoms with van der Waals surface area (Å²) < 4.78 is 1.60. The van der Waals surface area contributed by atoms with Gasteiger partial charge >= 0.3 is 0 Å². The minimum atomic E-state index is -0.478. The largest absolute Gasteiger partial charge is 0.326 e. The number of para-hydroxylation sites is 1. The Kier molecular flexibility index (Phi) is 5.89. The van der Waals surface area contributed by atoms with Gasteiger partial charge in [0.1, 0.15) is 0 Å². The van der Waals surface area contributed by atoms with Gasteiger partial charge in [-0.3, -0.25) is 9.59 Å². The highest BCUT2D eigenvalue weighted by Gasteiger charge is 2.21. The third kappa shape index (κ3) is 4.83. The van der Waals surface area contributed by atoms with Crippen molar-refractivity contribution >= 4 is 29.1 Å². The number of hydrogen-bond acceptors (Lipinski definition) is 6. The highest BCUT2D eigenvalue weighted by Crippen LogP contribution is 2.21. The predicted octanol–water partition coefficient (Wildman–Crippen LogP) is 3.62. The monoisotopic (exact) mass is 395 g/mol. The lowest BCUT2D eigenvalue weighted by Gasteiger charge is -2.17. The summed E-state index contributed by atoms with van der Waals surface area (Å²) in [6, 6.07) is 16.4. The Morgan fingerprint density at radius 1 is 1.04 bits per heavy atom. The van der Waals surface area contributed by atoms with Crippen LogP contribution in [0, 0.1) is 5.41 Å². The van der Waals surface area contributed by atoms with Crippen molar-refractivity contribution in [3.63, 3.8) is 0 Å². The van der Waals surface area contributed by atoms with Gasteiger partial charge in [-0.15, -0.1) is 5.10 Å². The van der Waals surface area contributed by atoms with Crippen LogP contribution >= 0.6 is 11.8 Å². The van der Waals surface area contributed by atoms with Crippen molar-refractivity contribution in [2.75, 3.05) is 11.1 Å². The lowest BCUT2D eigenvalue weighted by atomic mass is 9.95. The van der Waals surface area contributed by atoms with Crippen molar-refractivity contribution in [3.8, 4) is 5.69 Å². The van der Waals surface area contributed by atoms with Gasteiger partial charge in [0.2, 0.25) is 11.1 Å². The molecule has 0 saturated carbocycles. The smallest absolute Gasteiger partial charge is 0.229 e. The Bertz CT molecular complexity index is 962. The first kappa shape index (κ1) is 19.8. The van der Waals surface area contributed by atoms with Crippen molar-refractivity contribution in [1.29, 1.82) is 0 Å². The number of tetrazole rings is 1. The number of benzene rings is 2. The van der Waals surface area contributed by atoms with Crippen LogP contribution in [0.5, 0.6) is 0 Å². The maximum atomic E-state index is 12.5. The van der Waals surface area contributed by atoms with E-state index in [2.05, 4.69) is 20.8 Å². The summed E-state index contributed by atoms with van der Waals surface area (Å²) >= 11 is 1.28. The average molecular weight is 395 g/mol. The van der Waals surface area contributed by atoms with Crippen molar-refractivity contribution in [3.05, 3.63) is 60.2 Å². The quantitative estimate of drug-likeness (QED) is 0.506. The van der Waals surface area contributed by atoms with Gasteiger partial charge < -0.3 is 5.32 Å². The van der Waals surface area contributed by atoms with Crippen molar-refractivity contribution < 1.29 is 9.59 Å². The van der Waals surface area contributed by atoms with Gasteiger partial charge in [0.15, 0.2) is 5.78 Å². The van der Waals surface area contributed by atoms with E-state index in [9.17, 15) is 9.59 Å². The number of aromatic nitrogens is 4. The lowest BCUT2D eigenvalue weighted by molar-refractivity contribution is -0.123. The molecule has 0 atom stereocenters. The number of amides is 1. The molecule has 0 spiro atoms. The van der Waals surface area contributed by atoms with Crippen LogP contribution in [0.2, 0.25) is 0 Å². The van der Waals surface area contributed by atoms with Crippen LogP contribution in [0.1, 0.15) is 31.1 Å². The molecular formula is C20H21N5O2S. The van der Waals surface area contributed by atoms with Gasteiger partial charge in [-0.05, 0) is 46.8 Å². The van der Waals surface area contributed by atoms with Gasteiger partial charge in [0.05, 0.1) is 11.4 Å². The first-order chi connectivity index (χ1) is 13.3. The molecular weight excluding hydrogens is 374 g/mol. The molecule has 1 N–H and O–H groups in total. The average Bonchev–Trinajstić information content (AvgIpc) is 3.15. The molecule has 2 aromatic carbocycles. The number of carbonyl (C=O) groups excluding carboxylic acids is 2. The number of ketones is 1. The van der Waals surface area contributed by atoms with Crippen molar-refractivity contribution in [1.82, 2.24) is 20.2 Å². The molecule has 1 aromatic heterocycles. The summed E-state index contributed by atoms with van der Waals surface area (Å²) in [5.41, 5.74) is 1.59. The number of nitrogens with one attached hydrogen (secondary N) is 1. The molecule has 3 aromatic rings. The van der Waals surface area contributed by atoms with Crippen LogP contribution in [0.4, 0.5) is 5.69 Å². The number of hydrogen-bond donors (Lipinski definition) is 1. The standard InChI is InChI=1S/C20H21N5O2S/c1-20(2,3)18(27)21-15-11-9-14(10-12-15)17(26)13-28-19-22-23-24-25(19)16-7-5-4-6-8-16/h4-12H,13H2,1-3H3,(H,21,27). The molecule has 0 saturated heterocycles. The summed E-state index contributed by atoms with van der Waals surface area (Å²) in [7, 11) is 0. The normalized spacial score (nSPS) is 11.2. The molecule has 0 fully saturated rings. The second-order valence-electron chi connectivity index (χ2n) is 7.20. The Hall–Kier alpha value is -3.00. The molecule has 7 nitrogen and oxygen atoms in total. The topological polar surface area (TPSA) is 89.8 Å². The fourth-order valence-electron chi connectivity index (χ4n) is 2.27. The zero-order valence-electron chi connectivity index (χ0n) is 15.9. The Morgan fingerprint density at radius 3 is 2.36 bits per heavy atom. The SMILES string of the molecule is CC(C)(C)C(=O)Nc1ccc(C(=O)CSc2nnnn2-c2ccccc2)cc1. The highest BCUT2D eigenvalue weighted by atomic mass is 32.2. The molecule has 0 bridgehead atoms. The molecule has 0 unspecified atom stereocenters. The molecule has 0 aliphatic carbocycles. The Labute approximate surface area is 167 Å². The number of Topliss-reactive ketones (excluding diaryl/α,β-unsaturated/α-hetero) is 1. The Morgan fingerprint density at radius 2 is 1.71 bits per heavy atom. The van der Waals surface area contributed by atoms with Crippen LogP contribution < -0.4 is 5.32 Å². The molecule has 0 aliphatic heterocycles. The predicted molar refractivity (Wildman–Crippen MR) is 109 cm³/mol. The van der Waals surface area contributed by atoms with E-state index in [4.69, 9.17) is 0 Å². The highest BCUT2D eigenvalue weighted by molar-refractivity contribution is 7.99. The van der Waals surface area contributed by atoms with Gasteiger partial charge in [0.25, 0.3) is 0 Å². The zero-order chi connectivity index (χ0) is 20.1. The molecule has 1 amide bonds. The second-order valence-corrected chi connectivity index (χ2v) is 8.14. The van der Waals surface area contributed by atoms with Gasteiger partial charge in [-0.1, -0.05) is 50.7 Å². The first-order valence-corrected chi connectivity index (χ1v) is 9.74. The number of carbonyl (C=O) groups is 2. The van der Waals surface area contributed by atoms with E-state index in [0.717, 1.165) is 5.69 Å². The summed E-state index contributed by atoms with van der Waals surface area (Å²) in [6.45, 7) is 5.54. The maximum Gasteiger partial charge on any atom is 0.229 e. The van der Waals surface area contributed by atoms with Crippen LogP contribution in [0.25, 0.3) is 5.69 Å². The fraction of sp³-hybridized carbons (Fsp3) is 0.250. The van der Waals surface area contributed by atoms with E-state index in [1.807, 2.05) is 51.1 Å². The summed E-state index contributed by atoms with van der Waals surface area (Å²) in [6.07, 6.45) is 0. The first-order valence-electron chi connectivity index (χ1n) is 8.76. The summed E-state index contributed by atoms with van der Waals surface area (Å²) in [4.78, 5) is 24.5.